The second-order valence-electron chi connectivity index (χ2n) is 6.07. The van der Waals surface area contributed by atoms with Gasteiger partial charge in [0.2, 0.25) is 0 Å². The maximum absolute atomic E-state index is 12.5. The zero-order chi connectivity index (χ0) is 18.4. The monoisotopic (exact) mass is 353 g/mol. The standard InChI is InChI=1S/C19H23N5O2/c1-21-18-14(11-20)10-17-22-16(18)12-26-9-5-8-15(23-19(25)24-17)13-6-3-2-4-7-13/h2-4,6-7,10-11,15,20-21H,5,8-9,12H2,1H3,(H2,22,23,24,25). The topological polar surface area (TPSA) is 99.1 Å². The smallest absolute Gasteiger partial charge is 0.320 e. The maximum Gasteiger partial charge on any atom is 0.320 e. The third kappa shape index (κ3) is 4.18. The Morgan fingerprint density at radius 3 is 2.88 bits per heavy atom. The molecule has 1 aromatic heterocycles. The Morgan fingerprint density at radius 1 is 1.35 bits per heavy atom. The van der Waals surface area contributed by atoms with Crippen LogP contribution < -0.4 is 16.0 Å². The van der Waals surface area contributed by atoms with E-state index in [2.05, 4.69) is 20.9 Å². The summed E-state index contributed by atoms with van der Waals surface area (Å²) in [6.45, 7) is 0.895. The number of hydrogen-bond donors (Lipinski definition) is 4. The van der Waals surface area contributed by atoms with Gasteiger partial charge in [-0.1, -0.05) is 30.3 Å². The minimum Gasteiger partial charge on any atom is -0.386 e. The maximum atomic E-state index is 12.5. The van der Waals surface area contributed by atoms with E-state index in [9.17, 15) is 4.79 Å². The molecule has 2 bridgehead atoms. The Kier molecular flexibility index (Phi) is 5.80. The van der Waals surface area contributed by atoms with E-state index in [0.717, 1.165) is 24.1 Å². The number of hydrogen-bond acceptors (Lipinski definition) is 5. The van der Waals surface area contributed by atoms with Crippen molar-refractivity contribution in [1.82, 2.24) is 10.3 Å². The summed E-state index contributed by atoms with van der Waals surface area (Å²) in [4.78, 5) is 16.9. The summed E-state index contributed by atoms with van der Waals surface area (Å²) >= 11 is 0. The van der Waals surface area contributed by atoms with Crippen LogP contribution in [0.3, 0.4) is 0 Å². The van der Waals surface area contributed by atoms with Crippen molar-refractivity contribution in [3.8, 4) is 0 Å². The fourth-order valence-corrected chi connectivity index (χ4v) is 3.07. The first-order valence-corrected chi connectivity index (χ1v) is 8.63. The number of carbonyl (C=O) groups excluding carboxylic acids is 1. The van der Waals surface area contributed by atoms with Gasteiger partial charge in [-0.05, 0) is 24.5 Å². The number of fused-ring (bicyclic) bond motifs is 2. The summed E-state index contributed by atoms with van der Waals surface area (Å²) in [7, 11) is 1.78. The predicted molar refractivity (Wildman–Crippen MR) is 102 cm³/mol. The van der Waals surface area contributed by atoms with Crippen molar-refractivity contribution in [2.45, 2.75) is 25.5 Å². The molecule has 1 atom stereocenters. The van der Waals surface area contributed by atoms with Crippen LogP contribution in [0.25, 0.3) is 0 Å². The van der Waals surface area contributed by atoms with E-state index in [1.807, 2.05) is 30.3 Å². The van der Waals surface area contributed by atoms with Gasteiger partial charge in [0.1, 0.15) is 5.82 Å². The highest BCUT2D eigenvalue weighted by atomic mass is 16.5. The number of nitrogens with zero attached hydrogens (tertiary/aromatic N) is 1. The Hall–Kier alpha value is -2.93. The molecular weight excluding hydrogens is 330 g/mol. The summed E-state index contributed by atoms with van der Waals surface area (Å²) in [5.74, 6) is 0.394. The lowest BCUT2D eigenvalue weighted by Gasteiger charge is -2.21. The summed E-state index contributed by atoms with van der Waals surface area (Å²) in [6, 6.07) is 11.1. The van der Waals surface area contributed by atoms with Crippen LogP contribution in [-0.4, -0.2) is 30.9 Å². The van der Waals surface area contributed by atoms with Crippen LogP contribution >= 0.6 is 0 Å². The molecule has 2 heterocycles. The van der Waals surface area contributed by atoms with E-state index in [1.165, 1.54) is 6.21 Å². The van der Waals surface area contributed by atoms with Crippen LogP contribution in [0.15, 0.2) is 36.4 Å². The minimum atomic E-state index is -0.313. The fourth-order valence-electron chi connectivity index (χ4n) is 3.07. The molecule has 1 unspecified atom stereocenters. The Bertz CT molecular complexity index is 779. The molecule has 0 fully saturated rings. The van der Waals surface area contributed by atoms with Crippen LogP contribution in [0, 0.1) is 5.41 Å². The highest BCUT2D eigenvalue weighted by Gasteiger charge is 2.18. The van der Waals surface area contributed by atoms with Crippen molar-refractivity contribution >= 4 is 23.8 Å². The van der Waals surface area contributed by atoms with E-state index >= 15 is 0 Å². The van der Waals surface area contributed by atoms with E-state index in [-0.39, 0.29) is 12.1 Å². The molecule has 0 spiro atoms. The zero-order valence-corrected chi connectivity index (χ0v) is 14.7. The number of nitrogens with one attached hydrogen (secondary N) is 4. The lowest BCUT2D eigenvalue weighted by atomic mass is 10.0. The molecule has 0 saturated heterocycles. The number of benzene rings is 1. The molecule has 26 heavy (non-hydrogen) atoms. The van der Waals surface area contributed by atoms with Crippen LogP contribution in [0.4, 0.5) is 16.3 Å². The number of aromatic nitrogens is 1. The first-order valence-electron chi connectivity index (χ1n) is 8.63. The van der Waals surface area contributed by atoms with Crippen LogP contribution in [0.2, 0.25) is 0 Å². The summed E-state index contributed by atoms with van der Waals surface area (Å²) < 4.78 is 5.78. The van der Waals surface area contributed by atoms with Crippen molar-refractivity contribution in [2.75, 3.05) is 24.3 Å². The SMILES string of the molecule is CNc1c(C=N)cc2nc1COCCCC(c1ccccc1)NC(=O)N2. The van der Waals surface area contributed by atoms with E-state index in [4.69, 9.17) is 10.1 Å². The number of rotatable bonds is 3. The number of urea groups is 1. The van der Waals surface area contributed by atoms with E-state index in [1.54, 1.807) is 13.1 Å². The van der Waals surface area contributed by atoms with Crippen molar-refractivity contribution in [3.05, 3.63) is 53.2 Å². The van der Waals surface area contributed by atoms with Gasteiger partial charge in [-0.3, -0.25) is 5.32 Å². The van der Waals surface area contributed by atoms with Crippen LogP contribution in [-0.2, 0) is 11.3 Å². The third-order valence-electron chi connectivity index (χ3n) is 4.30. The average molecular weight is 353 g/mol. The molecule has 3 rings (SSSR count). The first-order chi connectivity index (χ1) is 12.7. The molecule has 7 heteroatoms. The number of pyridine rings is 1. The molecule has 4 N–H and O–H groups in total. The van der Waals surface area contributed by atoms with Gasteiger partial charge >= 0.3 is 6.03 Å². The molecule has 1 aliphatic rings. The molecule has 136 valence electrons. The molecule has 0 saturated carbocycles. The van der Waals surface area contributed by atoms with Crippen molar-refractivity contribution in [3.63, 3.8) is 0 Å². The van der Waals surface area contributed by atoms with Crippen LogP contribution in [0.5, 0.6) is 0 Å². The quantitative estimate of drug-likeness (QED) is 0.636. The minimum absolute atomic E-state index is 0.0995. The first kappa shape index (κ1) is 17.9. The largest absolute Gasteiger partial charge is 0.386 e. The lowest BCUT2D eigenvalue weighted by Crippen LogP contribution is -2.33. The molecule has 1 aliphatic heterocycles. The zero-order valence-electron chi connectivity index (χ0n) is 14.7. The Labute approximate surface area is 152 Å². The van der Waals surface area contributed by atoms with Gasteiger partial charge in [0.25, 0.3) is 0 Å². The highest BCUT2D eigenvalue weighted by molar-refractivity contribution is 5.92. The summed E-state index contributed by atoms with van der Waals surface area (Å²) in [5, 5.41) is 16.5. The molecule has 0 radical (unpaired) electrons. The summed E-state index contributed by atoms with van der Waals surface area (Å²) in [5.41, 5.74) is 3.11. The molecular formula is C19H23N5O2. The lowest BCUT2D eigenvalue weighted by molar-refractivity contribution is 0.113. The molecule has 2 aromatic rings. The predicted octanol–water partition coefficient (Wildman–Crippen LogP) is 3.29. The fraction of sp³-hybridized carbons (Fsp3) is 0.316. The highest BCUT2D eigenvalue weighted by Crippen LogP contribution is 2.24. The number of ether oxygens (including phenoxy) is 1. The van der Waals surface area contributed by atoms with Crippen LogP contribution in [0.1, 0.15) is 35.7 Å². The van der Waals surface area contributed by atoms with Gasteiger partial charge in [-0.2, -0.15) is 0 Å². The van der Waals surface area contributed by atoms with E-state index < -0.39 is 0 Å². The Balaban J connectivity index is 1.88. The summed E-state index contributed by atoms with van der Waals surface area (Å²) in [6.07, 6.45) is 2.83. The number of amides is 2. The third-order valence-corrected chi connectivity index (χ3v) is 4.30. The van der Waals surface area contributed by atoms with Crippen molar-refractivity contribution < 1.29 is 9.53 Å². The second-order valence-corrected chi connectivity index (χ2v) is 6.07. The second kappa shape index (κ2) is 8.44. The van der Waals surface area contributed by atoms with Gasteiger partial charge < -0.3 is 20.8 Å². The number of anilines is 2. The van der Waals surface area contributed by atoms with Gasteiger partial charge in [0.05, 0.1) is 24.0 Å². The van der Waals surface area contributed by atoms with E-state index in [0.29, 0.717) is 30.3 Å². The van der Waals surface area contributed by atoms with Gasteiger partial charge in [0.15, 0.2) is 0 Å². The van der Waals surface area contributed by atoms with Crippen molar-refractivity contribution in [2.24, 2.45) is 0 Å². The number of carbonyl (C=O) groups is 1. The molecule has 7 nitrogen and oxygen atoms in total. The van der Waals surface area contributed by atoms with Gasteiger partial charge in [-0.15, -0.1) is 0 Å². The van der Waals surface area contributed by atoms with Crippen molar-refractivity contribution in [1.29, 1.82) is 5.41 Å². The molecule has 0 aliphatic carbocycles. The van der Waals surface area contributed by atoms with Gasteiger partial charge in [-0.25, -0.2) is 9.78 Å². The normalized spacial score (nSPS) is 17.9. The average Bonchev–Trinajstić information content (AvgIpc) is 2.66. The van der Waals surface area contributed by atoms with Gasteiger partial charge in [0, 0.05) is 25.4 Å². The molecule has 1 aromatic carbocycles. The molecule has 2 amide bonds. The Morgan fingerprint density at radius 2 is 2.15 bits per heavy atom.